The summed E-state index contributed by atoms with van der Waals surface area (Å²) in [6.45, 7) is 1.74. The van der Waals surface area contributed by atoms with E-state index in [1.54, 1.807) is 74.1 Å². The summed E-state index contributed by atoms with van der Waals surface area (Å²) in [7, 11) is 0. The third-order valence-corrected chi connectivity index (χ3v) is 9.42. The number of aromatic nitrogens is 5. The molecule has 50 heavy (non-hydrogen) atoms. The molecule has 2 aromatic carbocycles. The van der Waals surface area contributed by atoms with Gasteiger partial charge in [-0.2, -0.15) is 5.10 Å². The molecule has 0 aliphatic carbocycles. The lowest BCUT2D eigenvalue weighted by atomic mass is 10.1. The SMILES string of the molecule is O=C1NCCCCN(C(=O)c2cc3ncccn3n2)CCCN(C(=O)c2ccccc2)[C@H]2C[C@@H]1N(C(=O)CCc1nc3ccc(F)cc3[nH]1)C2. The van der Waals surface area contributed by atoms with Crippen molar-refractivity contribution in [1.29, 1.82) is 0 Å². The van der Waals surface area contributed by atoms with Crippen molar-refractivity contribution in [1.82, 2.24) is 44.6 Å². The number of rotatable bonds is 5. The zero-order chi connectivity index (χ0) is 34.6. The molecule has 2 fully saturated rings. The number of aryl methyl sites for hydroxylation is 1. The van der Waals surface area contributed by atoms with Crippen LogP contribution in [0.15, 0.2) is 73.1 Å². The van der Waals surface area contributed by atoms with Gasteiger partial charge < -0.3 is 25.0 Å². The van der Waals surface area contributed by atoms with Crippen LogP contribution in [0.4, 0.5) is 4.39 Å². The van der Waals surface area contributed by atoms with Crippen LogP contribution < -0.4 is 5.32 Å². The Morgan fingerprint density at radius 2 is 1.76 bits per heavy atom. The van der Waals surface area contributed by atoms with Gasteiger partial charge in [-0.25, -0.2) is 18.9 Å². The number of hydrogen-bond acceptors (Lipinski definition) is 7. The fraction of sp³-hybridized carbons (Fsp3) is 0.361. The van der Waals surface area contributed by atoms with Crippen LogP contribution in [-0.4, -0.2) is 108 Å². The molecule has 2 atom stereocenters. The van der Waals surface area contributed by atoms with Gasteiger partial charge in [0.15, 0.2) is 11.3 Å². The number of H-pyrrole nitrogens is 1. The predicted molar refractivity (Wildman–Crippen MR) is 182 cm³/mol. The van der Waals surface area contributed by atoms with Gasteiger partial charge in [0.2, 0.25) is 11.8 Å². The summed E-state index contributed by atoms with van der Waals surface area (Å²) in [6, 6.07) is 15.5. The van der Waals surface area contributed by atoms with Crippen LogP contribution in [0, 0.1) is 5.82 Å². The highest BCUT2D eigenvalue weighted by atomic mass is 19.1. The number of nitrogens with zero attached hydrogens (tertiary/aromatic N) is 7. The van der Waals surface area contributed by atoms with Crippen LogP contribution >= 0.6 is 0 Å². The maximum atomic E-state index is 14.0. The summed E-state index contributed by atoms with van der Waals surface area (Å²) in [5, 5.41) is 7.42. The molecule has 258 valence electrons. The minimum absolute atomic E-state index is 0.0844. The van der Waals surface area contributed by atoms with E-state index in [4.69, 9.17) is 0 Å². The molecular weight excluding hydrogens is 641 g/mol. The van der Waals surface area contributed by atoms with Crippen LogP contribution in [0.25, 0.3) is 16.7 Å². The number of imidazole rings is 1. The Kier molecular flexibility index (Phi) is 9.49. The maximum absolute atomic E-state index is 14.0. The smallest absolute Gasteiger partial charge is 0.274 e. The number of fused-ring (bicyclic) bond motifs is 4. The molecule has 2 saturated heterocycles. The summed E-state index contributed by atoms with van der Waals surface area (Å²) in [4.78, 5) is 72.0. The van der Waals surface area contributed by atoms with Crippen molar-refractivity contribution >= 4 is 40.3 Å². The first-order valence-corrected chi connectivity index (χ1v) is 17.0. The van der Waals surface area contributed by atoms with Crippen molar-refractivity contribution in [2.45, 2.75) is 50.6 Å². The molecule has 5 heterocycles. The predicted octanol–water partition coefficient (Wildman–Crippen LogP) is 3.23. The number of halogens is 1. The number of amides is 4. The van der Waals surface area contributed by atoms with E-state index in [2.05, 4.69) is 25.4 Å². The molecule has 0 spiro atoms. The molecule has 13 nitrogen and oxygen atoms in total. The minimum Gasteiger partial charge on any atom is -0.354 e. The number of likely N-dealkylation sites (tertiary alicyclic amines) is 1. The molecule has 3 aromatic heterocycles. The van der Waals surface area contributed by atoms with Crippen LogP contribution in [0.5, 0.6) is 0 Å². The van der Waals surface area contributed by atoms with Gasteiger partial charge in [-0.1, -0.05) is 18.2 Å². The molecule has 2 aliphatic rings. The zero-order valence-electron chi connectivity index (χ0n) is 27.5. The first kappa shape index (κ1) is 32.9. The molecule has 2 bridgehead atoms. The van der Waals surface area contributed by atoms with E-state index in [9.17, 15) is 23.6 Å². The second kappa shape index (κ2) is 14.4. The van der Waals surface area contributed by atoms with E-state index in [1.807, 2.05) is 6.07 Å². The zero-order valence-corrected chi connectivity index (χ0v) is 27.5. The molecule has 14 heteroatoms. The van der Waals surface area contributed by atoms with Crippen molar-refractivity contribution in [2.24, 2.45) is 0 Å². The van der Waals surface area contributed by atoms with E-state index in [0.29, 0.717) is 73.5 Å². The van der Waals surface area contributed by atoms with Gasteiger partial charge in [0.1, 0.15) is 17.7 Å². The van der Waals surface area contributed by atoms with Crippen molar-refractivity contribution in [3.8, 4) is 0 Å². The highest BCUT2D eigenvalue weighted by molar-refractivity contribution is 5.95. The molecule has 5 aromatic rings. The fourth-order valence-corrected chi connectivity index (χ4v) is 6.88. The van der Waals surface area contributed by atoms with E-state index >= 15 is 0 Å². The van der Waals surface area contributed by atoms with E-state index in [1.165, 1.54) is 12.1 Å². The normalized spacial score (nSPS) is 19.1. The van der Waals surface area contributed by atoms with Crippen LogP contribution in [-0.2, 0) is 16.0 Å². The summed E-state index contributed by atoms with van der Waals surface area (Å²) in [6.07, 6.45) is 5.80. The lowest BCUT2D eigenvalue weighted by Crippen LogP contribution is -2.46. The van der Waals surface area contributed by atoms with Crippen molar-refractivity contribution in [2.75, 3.05) is 32.7 Å². The second-order valence-electron chi connectivity index (χ2n) is 12.8. The second-order valence-corrected chi connectivity index (χ2v) is 12.8. The highest BCUT2D eigenvalue weighted by Gasteiger charge is 2.43. The number of aromatic amines is 1. The Morgan fingerprint density at radius 1 is 0.920 bits per heavy atom. The number of benzene rings is 2. The molecule has 0 unspecified atom stereocenters. The molecular formula is C36H38FN9O4. The first-order valence-electron chi connectivity index (χ1n) is 17.0. The van der Waals surface area contributed by atoms with Gasteiger partial charge >= 0.3 is 0 Å². The topological polar surface area (TPSA) is 149 Å². The Bertz CT molecular complexity index is 2000. The lowest BCUT2D eigenvalue weighted by molar-refractivity contribution is -0.138. The highest BCUT2D eigenvalue weighted by Crippen LogP contribution is 2.26. The van der Waals surface area contributed by atoms with Gasteiger partial charge in [-0.05, 0) is 62.1 Å². The number of hydrogen-bond donors (Lipinski definition) is 2. The molecule has 7 rings (SSSR count). The van der Waals surface area contributed by atoms with Crippen molar-refractivity contribution in [3.63, 3.8) is 0 Å². The van der Waals surface area contributed by atoms with E-state index in [-0.39, 0.29) is 60.9 Å². The average molecular weight is 680 g/mol. The standard InChI is InChI=1S/C36H38FN9O4/c37-25-10-11-27-28(20-25)41-31(40-27)12-13-33(47)45-23-26-21-30(45)34(48)39-14-4-5-16-43(36(50)29-22-32-38-15-6-19-46(32)42-29)17-7-18-44(26)35(49)24-8-2-1-3-9-24/h1-3,6,8-11,15,19-20,22,26,30H,4-5,7,12-14,16-18,21,23H2,(H,39,48)(H,40,41)/t26-,30-/m0/s1. The monoisotopic (exact) mass is 679 g/mol. The molecule has 2 N–H and O–H groups in total. The molecule has 0 radical (unpaired) electrons. The Hall–Kier alpha value is -5.66. The minimum atomic E-state index is -0.743. The van der Waals surface area contributed by atoms with Crippen LogP contribution in [0.2, 0.25) is 0 Å². The quantitative estimate of drug-likeness (QED) is 0.290. The third kappa shape index (κ3) is 7.05. The van der Waals surface area contributed by atoms with Gasteiger partial charge in [-0.3, -0.25) is 19.2 Å². The summed E-state index contributed by atoms with van der Waals surface area (Å²) >= 11 is 0. The Labute approximate surface area is 287 Å². The Morgan fingerprint density at radius 3 is 2.60 bits per heavy atom. The third-order valence-electron chi connectivity index (χ3n) is 9.42. The molecule has 4 amide bonds. The van der Waals surface area contributed by atoms with Gasteiger partial charge in [0.25, 0.3) is 11.8 Å². The van der Waals surface area contributed by atoms with Crippen LogP contribution in [0.3, 0.4) is 0 Å². The summed E-state index contributed by atoms with van der Waals surface area (Å²) < 4.78 is 15.3. The molecule has 0 saturated carbocycles. The largest absolute Gasteiger partial charge is 0.354 e. The van der Waals surface area contributed by atoms with E-state index in [0.717, 1.165) is 0 Å². The Balaban J connectivity index is 1.11. The molecule has 2 aliphatic heterocycles. The maximum Gasteiger partial charge on any atom is 0.274 e. The lowest BCUT2D eigenvalue weighted by Gasteiger charge is -2.30. The summed E-state index contributed by atoms with van der Waals surface area (Å²) in [5.41, 5.74) is 2.52. The number of nitrogens with one attached hydrogen (secondary N) is 2. The number of carbonyl (C=O) groups excluding carboxylic acids is 4. The number of carbonyl (C=O) groups is 4. The first-order chi connectivity index (χ1) is 24.3. The van der Waals surface area contributed by atoms with Crippen LogP contribution in [0.1, 0.15) is 58.8 Å². The van der Waals surface area contributed by atoms with Gasteiger partial charge in [0, 0.05) is 69.6 Å². The fourth-order valence-electron chi connectivity index (χ4n) is 6.88. The van der Waals surface area contributed by atoms with Crippen molar-refractivity contribution in [3.05, 3.63) is 96.0 Å². The van der Waals surface area contributed by atoms with Gasteiger partial charge in [0.05, 0.1) is 17.1 Å². The summed E-state index contributed by atoms with van der Waals surface area (Å²) in [5.74, 6) is -0.748. The van der Waals surface area contributed by atoms with Gasteiger partial charge in [-0.15, -0.1) is 0 Å². The average Bonchev–Trinajstić information content (AvgIpc) is 3.87. The van der Waals surface area contributed by atoms with E-state index < -0.39 is 12.1 Å². The van der Waals surface area contributed by atoms with Crippen molar-refractivity contribution < 1.29 is 23.6 Å².